The van der Waals surface area contributed by atoms with Gasteiger partial charge in [-0.1, -0.05) is 30.3 Å². The van der Waals surface area contributed by atoms with Crippen LogP contribution in [0, 0.1) is 0 Å². The summed E-state index contributed by atoms with van der Waals surface area (Å²) in [6, 6.07) is 9.23. The van der Waals surface area contributed by atoms with Gasteiger partial charge in [0.2, 0.25) is 0 Å². The summed E-state index contributed by atoms with van der Waals surface area (Å²) in [7, 11) is 0. The number of hydrogen-bond acceptors (Lipinski definition) is 3. The molecule has 1 saturated heterocycles. The quantitative estimate of drug-likeness (QED) is 0.742. The van der Waals surface area contributed by atoms with E-state index in [0.717, 1.165) is 0 Å². The highest BCUT2D eigenvalue weighted by Crippen LogP contribution is 2.22. The average Bonchev–Trinajstić information content (AvgIpc) is 2.30. The molecule has 1 fully saturated rings. The monoisotopic (exact) mass is 205 g/mol. The van der Waals surface area contributed by atoms with Gasteiger partial charge in [0, 0.05) is 18.8 Å². The van der Waals surface area contributed by atoms with Gasteiger partial charge in [-0.05, 0) is 12.8 Å². The highest BCUT2D eigenvalue weighted by molar-refractivity contribution is 6.03. The molecule has 1 aromatic carbocycles. The van der Waals surface area contributed by atoms with Crippen LogP contribution in [0.25, 0.3) is 0 Å². The van der Waals surface area contributed by atoms with Crippen LogP contribution in [0.15, 0.2) is 30.3 Å². The Labute approximate surface area is 89.2 Å². The molecule has 1 aliphatic rings. The van der Waals surface area contributed by atoms with E-state index in [2.05, 4.69) is 0 Å². The molecule has 1 aromatic rings. The van der Waals surface area contributed by atoms with Gasteiger partial charge >= 0.3 is 0 Å². The van der Waals surface area contributed by atoms with E-state index < -0.39 is 5.54 Å². The third-order valence-corrected chi connectivity index (χ3v) is 2.87. The number of benzene rings is 1. The summed E-state index contributed by atoms with van der Waals surface area (Å²) in [6.45, 7) is 1.16. The minimum atomic E-state index is -0.723. The minimum Gasteiger partial charge on any atom is -0.381 e. The topological polar surface area (TPSA) is 52.3 Å². The third-order valence-electron chi connectivity index (χ3n) is 2.87. The number of rotatable bonds is 2. The van der Waals surface area contributed by atoms with Crippen molar-refractivity contribution in [1.82, 2.24) is 0 Å². The number of Topliss-reactive ketones (excluding diaryl/α,β-unsaturated/α-hetero) is 1. The summed E-state index contributed by atoms with van der Waals surface area (Å²) in [6.07, 6.45) is 1.22. The minimum absolute atomic E-state index is 0.0337. The van der Waals surface area contributed by atoms with E-state index >= 15 is 0 Å². The van der Waals surface area contributed by atoms with E-state index in [1.54, 1.807) is 0 Å². The zero-order valence-electron chi connectivity index (χ0n) is 8.61. The van der Waals surface area contributed by atoms with Gasteiger partial charge in [-0.3, -0.25) is 4.79 Å². The predicted molar refractivity (Wildman–Crippen MR) is 57.7 cm³/mol. The summed E-state index contributed by atoms with van der Waals surface area (Å²) in [5, 5.41) is 0. The molecule has 0 saturated carbocycles. The average molecular weight is 205 g/mol. The van der Waals surface area contributed by atoms with Crippen molar-refractivity contribution in [3.05, 3.63) is 35.9 Å². The Bertz CT molecular complexity index is 342. The second-order valence-electron chi connectivity index (χ2n) is 3.96. The molecule has 80 valence electrons. The standard InChI is InChI=1S/C12H15NO2/c13-12(6-8-15-9-7-12)11(14)10-4-2-1-3-5-10/h1-5H,6-9,13H2. The SMILES string of the molecule is NC1(C(=O)c2ccccc2)CCOCC1. The molecule has 3 nitrogen and oxygen atoms in total. The predicted octanol–water partition coefficient (Wildman–Crippen LogP) is 1.38. The van der Waals surface area contributed by atoms with E-state index in [1.807, 2.05) is 30.3 Å². The number of carbonyl (C=O) groups excluding carboxylic acids is 1. The maximum absolute atomic E-state index is 12.1. The number of nitrogens with two attached hydrogens (primary N) is 1. The number of ketones is 1. The molecule has 1 heterocycles. The summed E-state index contributed by atoms with van der Waals surface area (Å²) < 4.78 is 5.22. The third kappa shape index (κ3) is 2.08. The summed E-state index contributed by atoms with van der Waals surface area (Å²) in [5.41, 5.74) is 6.08. The van der Waals surface area contributed by atoms with Crippen molar-refractivity contribution >= 4 is 5.78 Å². The first-order chi connectivity index (χ1) is 7.22. The van der Waals surface area contributed by atoms with Crippen LogP contribution < -0.4 is 5.73 Å². The van der Waals surface area contributed by atoms with Crippen LogP contribution in [-0.2, 0) is 4.74 Å². The molecular weight excluding hydrogens is 190 g/mol. The largest absolute Gasteiger partial charge is 0.381 e. The van der Waals surface area contributed by atoms with Crippen molar-refractivity contribution in [2.45, 2.75) is 18.4 Å². The van der Waals surface area contributed by atoms with Crippen molar-refractivity contribution in [3.63, 3.8) is 0 Å². The van der Waals surface area contributed by atoms with E-state index in [9.17, 15) is 4.79 Å². The lowest BCUT2D eigenvalue weighted by Gasteiger charge is -2.31. The van der Waals surface area contributed by atoms with Gasteiger partial charge in [0.15, 0.2) is 5.78 Å². The Kier molecular flexibility index (Phi) is 2.84. The Morgan fingerprint density at radius 1 is 1.20 bits per heavy atom. The Balaban J connectivity index is 2.20. The maximum Gasteiger partial charge on any atom is 0.182 e. The molecule has 0 unspecified atom stereocenters. The second-order valence-corrected chi connectivity index (χ2v) is 3.96. The fourth-order valence-electron chi connectivity index (χ4n) is 1.84. The summed E-state index contributed by atoms with van der Waals surface area (Å²) in [5.74, 6) is 0.0337. The molecule has 0 amide bonds. The number of carbonyl (C=O) groups is 1. The normalized spacial score (nSPS) is 19.8. The Morgan fingerprint density at radius 2 is 1.80 bits per heavy atom. The van der Waals surface area contributed by atoms with Crippen molar-refractivity contribution in [2.24, 2.45) is 5.73 Å². The first-order valence-electron chi connectivity index (χ1n) is 5.19. The lowest BCUT2D eigenvalue weighted by atomic mass is 9.83. The van der Waals surface area contributed by atoms with Crippen LogP contribution in [0.3, 0.4) is 0 Å². The van der Waals surface area contributed by atoms with Gasteiger partial charge in [0.1, 0.15) is 0 Å². The zero-order chi connectivity index (χ0) is 10.7. The summed E-state index contributed by atoms with van der Waals surface area (Å²) >= 11 is 0. The Morgan fingerprint density at radius 3 is 2.40 bits per heavy atom. The summed E-state index contributed by atoms with van der Waals surface area (Å²) in [4.78, 5) is 12.1. The lowest BCUT2D eigenvalue weighted by molar-refractivity contribution is 0.0448. The van der Waals surface area contributed by atoms with Crippen molar-refractivity contribution in [2.75, 3.05) is 13.2 Å². The maximum atomic E-state index is 12.1. The highest BCUT2D eigenvalue weighted by atomic mass is 16.5. The lowest BCUT2D eigenvalue weighted by Crippen LogP contribution is -2.51. The first kappa shape index (κ1) is 10.3. The first-order valence-corrected chi connectivity index (χ1v) is 5.19. The van der Waals surface area contributed by atoms with Crippen LogP contribution in [0.1, 0.15) is 23.2 Å². The van der Waals surface area contributed by atoms with E-state index in [0.29, 0.717) is 31.6 Å². The van der Waals surface area contributed by atoms with Crippen LogP contribution in [-0.4, -0.2) is 24.5 Å². The fraction of sp³-hybridized carbons (Fsp3) is 0.417. The smallest absolute Gasteiger partial charge is 0.182 e. The molecule has 0 spiro atoms. The Hall–Kier alpha value is -1.19. The van der Waals surface area contributed by atoms with E-state index in [-0.39, 0.29) is 5.78 Å². The van der Waals surface area contributed by atoms with Crippen molar-refractivity contribution in [3.8, 4) is 0 Å². The van der Waals surface area contributed by atoms with Gasteiger partial charge in [-0.2, -0.15) is 0 Å². The molecule has 0 aromatic heterocycles. The zero-order valence-corrected chi connectivity index (χ0v) is 8.61. The van der Waals surface area contributed by atoms with Crippen molar-refractivity contribution < 1.29 is 9.53 Å². The molecule has 2 N–H and O–H groups in total. The fourth-order valence-corrected chi connectivity index (χ4v) is 1.84. The van der Waals surface area contributed by atoms with Crippen LogP contribution in [0.4, 0.5) is 0 Å². The molecule has 2 rings (SSSR count). The molecular formula is C12H15NO2. The molecule has 0 radical (unpaired) electrons. The molecule has 3 heteroatoms. The van der Waals surface area contributed by atoms with Crippen molar-refractivity contribution in [1.29, 1.82) is 0 Å². The number of hydrogen-bond donors (Lipinski definition) is 1. The van der Waals surface area contributed by atoms with Gasteiger partial charge in [-0.15, -0.1) is 0 Å². The molecule has 0 atom stereocenters. The van der Waals surface area contributed by atoms with E-state index in [1.165, 1.54) is 0 Å². The van der Waals surface area contributed by atoms with Crippen LogP contribution >= 0.6 is 0 Å². The highest BCUT2D eigenvalue weighted by Gasteiger charge is 2.36. The number of ether oxygens (including phenoxy) is 1. The van der Waals surface area contributed by atoms with Gasteiger partial charge < -0.3 is 10.5 Å². The van der Waals surface area contributed by atoms with Crippen LogP contribution in [0.2, 0.25) is 0 Å². The van der Waals surface area contributed by atoms with Gasteiger partial charge in [0.05, 0.1) is 5.54 Å². The molecule has 0 aliphatic carbocycles. The van der Waals surface area contributed by atoms with Gasteiger partial charge in [-0.25, -0.2) is 0 Å². The second kappa shape index (κ2) is 4.13. The molecule has 1 aliphatic heterocycles. The molecule has 0 bridgehead atoms. The van der Waals surface area contributed by atoms with Crippen LogP contribution in [0.5, 0.6) is 0 Å². The van der Waals surface area contributed by atoms with E-state index in [4.69, 9.17) is 10.5 Å². The van der Waals surface area contributed by atoms with Gasteiger partial charge in [0.25, 0.3) is 0 Å². The molecule has 15 heavy (non-hydrogen) atoms.